The van der Waals surface area contributed by atoms with Crippen LogP contribution in [0.1, 0.15) is 30.5 Å². The summed E-state index contributed by atoms with van der Waals surface area (Å²) in [6.45, 7) is 6.17. The van der Waals surface area contributed by atoms with Crippen LogP contribution in [0.2, 0.25) is 0 Å². The number of hydrogen-bond donors (Lipinski definition) is 1. The van der Waals surface area contributed by atoms with Gasteiger partial charge in [0, 0.05) is 23.1 Å². The van der Waals surface area contributed by atoms with Gasteiger partial charge in [-0.25, -0.2) is 0 Å². The molecular weight excluding hydrogens is 300 g/mol. The van der Waals surface area contributed by atoms with Crippen molar-refractivity contribution in [2.45, 2.75) is 31.8 Å². The van der Waals surface area contributed by atoms with E-state index in [0.717, 1.165) is 17.9 Å². The highest BCUT2D eigenvalue weighted by Crippen LogP contribution is 2.45. The zero-order chi connectivity index (χ0) is 13.0. The fraction of sp³-hybridized carbons (Fsp3) is 0.625. The number of nitrogens with one attached hydrogen (secondary N) is 1. The Balaban J connectivity index is 1.64. The molecule has 4 rings (SSSR count). The first-order valence-electron chi connectivity index (χ1n) is 7.49. The molecule has 0 bridgehead atoms. The first-order chi connectivity index (χ1) is 9.25. The Morgan fingerprint density at radius 2 is 2.21 bits per heavy atom. The molecule has 2 aliphatic heterocycles. The van der Waals surface area contributed by atoms with E-state index in [0.29, 0.717) is 6.04 Å². The van der Waals surface area contributed by atoms with Gasteiger partial charge < -0.3 is 5.32 Å². The van der Waals surface area contributed by atoms with Crippen molar-refractivity contribution >= 4 is 15.9 Å². The number of benzene rings is 1. The van der Waals surface area contributed by atoms with Gasteiger partial charge in [0.1, 0.15) is 0 Å². The van der Waals surface area contributed by atoms with Crippen LogP contribution in [0.5, 0.6) is 0 Å². The van der Waals surface area contributed by atoms with Crippen LogP contribution in [0.4, 0.5) is 0 Å². The summed E-state index contributed by atoms with van der Waals surface area (Å²) in [4.78, 5) is 2.79. The summed E-state index contributed by atoms with van der Waals surface area (Å²) in [5, 5.41) is 3.56. The van der Waals surface area contributed by atoms with Crippen LogP contribution in [0.15, 0.2) is 22.7 Å². The molecule has 0 saturated carbocycles. The fourth-order valence-corrected chi connectivity index (χ4v) is 5.12. The van der Waals surface area contributed by atoms with E-state index in [-0.39, 0.29) is 0 Å². The van der Waals surface area contributed by atoms with Gasteiger partial charge in [0.25, 0.3) is 0 Å². The van der Waals surface area contributed by atoms with Crippen LogP contribution in [0.3, 0.4) is 0 Å². The van der Waals surface area contributed by atoms with Crippen molar-refractivity contribution in [3.05, 3.63) is 33.8 Å². The highest BCUT2D eigenvalue weighted by atomic mass is 79.9. The lowest BCUT2D eigenvalue weighted by atomic mass is 9.95. The predicted molar refractivity (Wildman–Crippen MR) is 81.2 cm³/mol. The van der Waals surface area contributed by atoms with E-state index in [1.807, 2.05) is 0 Å². The molecule has 102 valence electrons. The third-order valence-electron chi connectivity index (χ3n) is 5.56. The van der Waals surface area contributed by atoms with Crippen molar-refractivity contribution < 1.29 is 0 Å². The van der Waals surface area contributed by atoms with Gasteiger partial charge in [-0.2, -0.15) is 0 Å². The van der Waals surface area contributed by atoms with Crippen LogP contribution in [-0.2, 0) is 6.42 Å². The molecule has 0 radical (unpaired) electrons. The van der Waals surface area contributed by atoms with E-state index in [2.05, 4.69) is 51.3 Å². The van der Waals surface area contributed by atoms with Gasteiger partial charge in [0.15, 0.2) is 0 Å². The molecular formula is C16H21BrN2. The van der Waals surface area contributed by atoms with Crippen LogP contribution < -0.4 is 5.32 Å². The number of hydrogen-bond acceptors (Lipinski definition) is 2. The summed E-state index contributed by atoms with van der Waals surface area (Å²) in [7, 11) is 0. The van der Waals surface area contributed by atoms with Crippen molar-refractivity contribution in [1.82, 2.24) is 10.2 Å². The Morgan fingerprint density at radius 3 is 3.05 bits per heavy atom. The highest BCUT2D eigenvalue weighted by molar-refractivity contribution is 9.10. The van der Waals surface area contributed by atoms with E-state index >= 15 is 0 Å². The molecule has 1 N–H and O–H groups in total. The lowest BCUT2D eigenvalue weighted by molar-refractivity contribution is 0.170. The molecule has 1 aliphatic carbocycles. The standard InChI is InChI=1S/C16H21BrN2/c1-10-14-8-18-7-11(14)9-19(10)16-6-5-12-13(16)3-2-4-15(12)17/h2-4,10-11,14,16,18H,5-9H2,1H3. The average molecular weight is 321 g/mol. The van der Waals surface area contributed by atoms with Crippen LogP contribution in [0, 0.1) is 11.8 Å². The van der Waals surface area contributed by atoms with Gasteiger partial charge in [0.2, 0.25) is 0 Å². The molecule has 19 heavy (non-hydrogen) atoms. The second-order valence-corrected chi connectivity index (χ2v) is 7.24. The van der Waals surface area contributed by atoms with Crippen LogP contribution in [0.25, 0.3) is 0 Å². The zero-order valence-electron chi connectivity index (χ0n) is 11.4. The third-order valence-corrected chi connectivity index (χ3v) is 6.31. The number of rotatable bonds is 1. The SMILES string of the molecule is CC1C2CNCC2CN1C1CCc2c(Br)cccc21. The van der Waals surface area contributed by atoms with E-state index in [1.165, 1.54) is 36.9 Å². The van der Waals surface area contributed by atoms with Gasteiger partial charge in [0.05, 0.1) is 0 Å². The van der Waals surface area contributed by atoms with E-state index in [1.54, 1.807) is 11.1 Å². The van der Waals surface area contributed by atoms with Gasteiger partial charge in [-0.15, -0.1) is 0 Å². The number of halogens is 1. The number of fused-ring (bicyclic) bond motifs is 2. The molecule has 0 aromatic heterocycles. The quantitative estimate of drug-likeness (QED) is 0.855. The van der Waals surface area contributed by atoms with Crippen molar-refractivity contribution in [3.8, 4) is 0 Å². The lowest BCUT2D eigenvalue weighted by Crippen LogP contribution is -2.35. The second-order valence-electron chi connectivity index (χ2n) is 6.38. The number of likely N-dealkylation sites (tertiary alicyclic amines) is 1. The normalized spacial score (nSPS) is 37.6. The smallest absolute Gasteiger partial charge is 0.0357 e. The Kier molecular flexibility index (Phi) is 2.98. The summed E-state index contributed by atoms with van der Waals surface area (Å²) < 4.78 is 1.31. The Labute approximate surface area is 123 Å². The first-order valence-corrected chi connectivity index (χ1v) is 8.28. The first kappa shape index (κ1) is 12.4. The molecule has 0 spiro atoms. The molecule has 0 amide bonds. The third kappa shape index (κ3) is 1.82. The molecule has 4 unspecified atom stereocenters. The summed E-state index contributed by atoms with van der Waals surface area (Å²) >= 11 is 3.72. The summed E-state index contributed by atoms with van der Waals surface area (Å²) in [5.74, 6) is 1.75. The van der Waals surface area contributed by atoms with E-state index in [9.17, 15) is 0 Å². The van der Waals surface area contributed by atoms with Crippen molar-refractivity contribution in [2.75, 3.05) is 19.6 Å². The van der Waals surface area contributed by atoms with Gasteiger partial charge in [-0.3, -0.25) is 4.90 Å². The van der Waals surface area contributed by atoms with Crippen molar-refractivity contribution in [3.63, 3.8) is 0 Å². The van der Waals surface area contributed by atoms with Crippen molar-refractivity contribution in [2.24, 2.45) is 11.8 Å². The van der Waals surface area contributed by atoms with Crippen molar-refractivity contribution in [1.29, 1.82) is 0 Å². The Hall–Kier alpha value is -0.380. The molecule has 4 atom stereocenters. The largest absolute Gasteiger partial charge is 0.316 e. The van der Waals surface area contributed by atoms with E-state index in [4.69, 9.17) is 0 Å². The number of nitrogens with zero attached hydrogens (tertiary/aromatic N) is 1. The summed E-state index contributed by atoms with van der Waals surface area (Å²) in [6, 6.07) is 8.12. The molecule has 3 heteroatoms. The zero-order valence-corrected chi connectivity index (χ0v) is 13.0. The molecule has 2 fully saturated rings. The summed E-state index contributed by atoms with van der Waals surface area (Å²) in [6.07, 6.45) is 2.54. The summed E-state index contributed by atoms with van der Waals surface area (Å²) in [5.41, 5.74) is 3.13. The maximum Gasteiger partial charge on any atom is 0.0357 e. The van der Waals surface area contributed by atoms with E-state index < -0.39 is 0 Å². The minimum absolute atomic E-state index is 0.660. The fourth-order valence-electron chi connectivity index (χ4n) is 4.54. The average Bonchev–Trinajstić information content (AvgIpc) is 3.06. The molecule has 2 saturated heterocycles. The maximum absolute atomic E-state index is 3.72. The maximum atomic E-state index is 3.72. The Morgan fingerprint density at radius 1 is 1.32 bits per heavy atom. The van der Waals surface area contributed by atoms with Gasteiger partial charge in [-0.05, 0) is 61.9 Å². The van der Waals surface area contributed by atoms with Crippen LogP contribution >= 0.6 is 15.9 Å². The monoisotopic (exact) mass is 320 g/mol. The molecule has 1 aromatic rings. The predicted octanol–water partition coefficient (Wildman–Crippen LogP) is 2.98. The molecule has 1 aromatic carbocycles. The van der Waals surface area contributed by atoms with Gasteiger partial charge >= 0.3 is 0 Å². The highest BCUT2D eigenvalue weighted by Gasteiger charge is 2.45. The topological polar surface area (TPSA) is 15.3 Å². The minimum atomic E-state index is 0.660. The molecule has 2 nitrogen and oxygen atoms in total. The Bertz CT molecular complexity index is 502. The minimum Gasteiger partial charge on any atom is -0.316 e. The van der Waals surface area contributed by atoms with Gasteiger partial charge in [-0.1, -0.05) is 28.1 Å². The lowest BCUT2D eigenvalue weighted by Gasteiger charge is -2.31. The second kappa shape index (κ2) is 4.57. The van der Waals surface area contributed by atoms with Crippen LogP contribution in [-0.4, -0.2) is 30.6 Å². The molecule has 2 heterocycles. The molecule has 3 aliphatic rings.